The molecule has 0 aliphatic carbocycles. The predicted octanol–water partition coefficient (Wildman–Crippen LogP) is -3.33. The molecule has 0 radical (unpaired) electrons. The zero-order valence-electron chi connectivity index (χ0n) is 33.6. The van der Waals surface area contributed by atoms with Gasteiger partial charge in [0.15, 0.2) is 5.76 Å². The van der Waals surface area contributed by atoms with Gasteiger partial charge < -0.3 is 104 Å². The Bertz CT molecular complexity index is 2350. The second-order valence-electron chi connectivity index (χ2n) is 15.2. The molecule has 3 fully saturated rings. The summed E-state index contributed by atoms with van der Waals surface area (Å²) in [6.45, 7) is -2.20. The summed E-state index contributed by atoms with van der Waals surface area (Å²) in [4.78, 5) is 26.9. The molecule has 65 heavy (non-hydrogen) atoms. The van der Waals surface area contributed by atoms with Gasteiger partial charge in [-0.05, 0) is 48.0 Å². The van der Waals surface area contributed by atoms with Crippen LogP contribution in [-0.4, -0.2) is 184 Å². The van der Waals surface area contributed by atoms with Crippen LogP contribution in [-0.2, 0) is 23.7 Å². The lowest BCUT2D eigenvalue weighted by Crippen LogP contribution is -2.60. The number of rotatable bonds is 13. The number of hydrogen-bond donors (Lipinski definition) is 13. The zero-order valence-corrected chi connectivity index (χ0v) is 33.6. The highest BCUT2D eigenvalue weighted by Crippen LogP contribution is 2.39. The van der Waals surface area contributed by atoms with E-state index in [0.717, 1.165) is 18.2 Å². The summed E-state index contributed by atoms with van der Waals surface area (Å²) in [7, 11) is 0. The van der Waals surface area contributed by atoms with Gasteiger partial charge in [-0.25, -0.2) is 4.79 Å². The number of aromatic hydroxyl groups is 2. The number of carbonyl (C=O) groups excluding carboxylic acids is 1. The monoisotopic (exact) mass is 918 g/mol. The first-order valence-corrected chi connectivity index (χ1v) is 19.9. The molecule has 0 saturated carbocycles. The number of phenolic OH excluding ortho intramolecular Hbond substituents is 2. The van der Waals surface area contributed by atoms with Crippen LogP contribution in [0.3, 0.4) is 0 Å². The smallest absolute Gasteiger partial charge is 0.330 e. The van der Waals surface area contributed by atoms with Gasteiger partial charge in [0.05, 0.1) is 13.2 Å². The number of aliphatic hydroxyl groups is 11. The largest absolute Gasteiger partial charge is 0.508 e. The summed E-state index contributed by atoms with van der Waals surface area (Å²) in [5.41, 5.74) is -0.968. The van der Waals surface area contributed by atoms with Crippen molar-refractivity contribution in [2.45, 2.75) is 92.1 Å². The SMILES string of the molecule is O=C(C=Cc1ccc(O)cc1)OCC1O[C@@H](Oc2c(-c3ccc(O[C@@H]4OC(CO)[C@@H](O)C(O)C4O)cc3)oc3cc(O[C@@H]4OC(CO)[C@@H](O)[C@H](O)C4O)cc(O)c3c2=O)C(O)C(O)[C@@H]1O. The van der Waals surface area contributed by atoms with E-state index >= 15 is 0 Å². The average Bonchev–Trinajstić information content (AvgIpc) is 3.29. The molecular weight excluding hydrogens is 872 g/mol. The highest BCUT2D eigenvalue weighted by atomic mass is 16.7. The molecule has 4 heterocycles. The van der Waals surface area contributed by atoms with E-state index in [1.54, 1.807) is 0 Å². The molecule has 0 spiro atoms. The molecule has 352 valence electrons. The third kappa shape index (κ3) is 10.0. The maximum atomic E-state index is 14.4. The van der Waals surface area contributed by atoms with Gasteiger partial charge in [-0.15, -0.1) is 0 Å². The second-order valence-corrected chi connectivity index (χ2v) is 15.2. The van der Waals surface area contributed by atoms with Crippen molar-refractivity contribution < 1.29 is 109 Å². The topological polar surface area (TPSA) is 375 Å². The molecule has 3 aliphatic rings. The van der Waals surface area contributed by atoms with Crippen LogP contribution < -0.4 is 19.6 Å². The van der Waals surface area contributed by atoms with Crippen molar-refractivity contribution in [3.63, 3.8) is 0 Å². The molecule has 23 heteroatoms. The van der Waals surface area contributed by atoms with Crippen molar-refractivity contribution >= 4 is 23.0 Å². The quantitative estimate of drug-likeness (QED) is 0.0461. The van der Waals surface area contributed by atoms with E-state index in [1.165, 1.54) is 54.6 Å². The van der Waals surface area contributed by atoms with Crippen molar-refractivity contribution in [3.05, 3.63) is 82.5 Å². The first-order chi connectivity index (χ1) is 31.0. The fourth-order valence-electron chi connectivity index (χ4n) is 7.14. The summed E-state index contributed by atoms with van der Waals surface area (Å²) in [6.07, 6.45) is -23.6. The second kappa shape index (κ2) is 19.9. The van der Waals surface area contributed by atoms with Crippen molar-refractivity contribution in [2.75, 3.05) is 19.8 Å². The maximum absolute atomic E-state index is 14.4. The number of carbonyl (C=O) groups is 1. The lowest BCUT2D eigenvalue weighted by Gasteiger charge is -2.39. The summed E-state index contributed by atoms with van der Waals surface area (Å²) >= 11 is 0. The van der Waals surface area contributed by atoms with Crippen molar-refractivity contribution in [1.29, 1.82) is 0 Å². The molecule has 3 aromatic carbocycles. The normalized spacial score (nSPS) is 32.9. The molecule has 0 bridgehead atoms. The Hall–Kier alpha value is -5.48. The molecule has 23 nitrogen and oxygen atoms in total. The van der Waals surface area contributed by atoms with E-state index in [4.69, 9.17) is 37.6 Å². The van der Waals surface area contributed by atoms with E-state index in [2.05, 4.69) is 0 Å². The Kier molecular flexibility index (Phi) is 14.6. The number of esters is 1. The zero-order chi connectivity index (χ0) is 46.9. The lowest BCUT2D eigenvalue weighted by molar-refractivity contribution is -0.278. The Balaban J connectivity index is 1.20. The third-order valence-corrected chi connectivity index (χ3v) is 10.8. The van der Waals surface area contributed by atoms with Crippen molar-refractivity contribution in [1.82, 2.24) is 0 Å². The molecule has 8 unspecified atom stereocenters. The van der Waals surface area contributed by atoms with Crippen LogP contribution in [0.25, 0.3) is 28.4 Å². The van der Waals surface area contributed by atoms with Gasteiger partial charge in [0.1, 0.15) is 114 Å². The molecular formula is C42H46O23. The summed E-state index contributed by atoms with van der Waals surface area (Å²) in [5, 5.41) is 134. The number of fused-ring (bicyclic) bond motifs is 1. The molecule has 3 saturated heterocycles. The van der Waals surface area contributed by atoms with Crippen molar-refractivity contribution in [2.24, 2.45) is 0 Å². The Morgan fingerprint density at radius 3 is 1.66 bits per heavy atom. The van der Waals surface area contributed by atoms with Crippen LogP contribution in [0.15, 0.2) is 76.0 Å². The van der Waals surface area contributed by atoms with Gasteiger partial charge in [0.2, 0.25) is 30.0 Å². The van der Waals surface area contributed by atoms with Crippen LogP contribution in [0.2, 0.25) is 0 Å². The summed E-state index contributed by atoms with van der Waals surface area (Å²) in [6, 6.07) is 13.0. The fourth-order valence-corrected chi connectivity index (χ4v) is 7.14. The molecule has 4 aromatic rings. The average molecular weight is 919 g/mol. The van der Waals surface area contributed by atoms with Crippen LogP contribution >= 0.6 is 0 Å². The Morgan fingerprint density at radius 1 is 0.600 bits per heavy atom. The molecule has 15 atom stereocenters. The van der Waals surface area contributed by atoms with Gasteiger partial charge in [-0.2, -0.15) is 0 Å². The predicted molar refractivity (Wildman–Crippen MR) is 214 cm³/mol. The minimum Gasteiger partial charge on any atom is -0.508 e. The van der Waals surface area contributed by atoms with E-state index in [9.17, 15) is 76.0 Å². The van der Waals surface area contributed by atoms with E-state index in [-0.39, 0.29) is 22.8 Å². The number of hydrogen-bond acceptors (Lipinski definition) is 23. The standard InChI is InChI=1S/C42H46O23/c43-13-23-28(48)32(52)35(55)40(62-23)59-19-8-4-17(5-9-19)38-39(31(51)27-21(46)11-20(12-22(27)61-38)60-41-36(56)33(53)29(49)24(14-44)63-41)65-42-37(57)34(54)30(50)25(64-42)15-58-26(47)10-3-16-1-6-18(45)7-2-16/h1-12,23-25,28-30,32-37,40-46,48-50,52-57H,13-15H2/t23?,24?,25?,28-,29-,30-,32?,33+,34?,35?,36?,37?,40-,41-,42+/m1/s1. The van der Waals surface area contributed by atoms with Gasteiger partial charge >= 0.3 is 5.97 Å². The van der Waals surface area contributed by atoms with E-state index < -0.39 is 152 Å². The van der Waals surface area contributed by atoms with Crippen LogP contribution in [0.5, 0.6) is 28.7 Å². The highest BCUT2D eigenvalue weighted by Gasteiger charge is 2.48. The van der Waals surface area contributed by atoms with Gasteiger partial charge in [-0.3, -0.25) is 4.79 Å². The summed E-state index contributed by atoms with van der Waals surface area (Å²) in [5.74, 6) is -3.24. The van der Waals surface area contributed by atoms with Gasteiger partial charge in [0, 0.05) is 23.8 Å². The van der Waals surface area contributed by atoms with E-state index in [0.29, 0.717) is 5.56 Å². The minimum absolute atomic E-state index is 0.00238. The Labute approximate surface area is 365 Å². The molecule has 7 rings (SSSR count). The number of phenols is 2. The number of aliphatic hydroxyl groups excluding tert-OH is 11. The van der Waals surface area contributed by atoms with Crippen LogP contribution in [0.1, 0.15) is 5.56 Å². The van der Waals surface area contributed by atoms with Crippen LogP contribution in [0, 0.1) is 0 Å². The first kappa shape index (κ1) is 47.5. The van der Waals surface area contributed by atoms with Gasteiger partial charge in [-0.1, -0.05) is 12.1 Å². The number of benzene rings is 3. The molecule has 13 N–H and O–H groups in total. The Morgan fingerprint density at radius 2 is 1.11 bits per heavy atom. The summed E-state index contributed by atoms with van der Waals surface area (Å²) < 4.78 is 45.0. The maximum Gasteiger partial charge on any atom is 0.330 e. The fraction of sp³-hybridized carbons (Fsp3) is 0.429. The third-order valence-electron chi connectivity index (χ3n) is 10.8. The lowest BCUT2D eigenvalue weighted by atomic mass is 9.99. The van der Waals surface area contributed by atoms with Crippen LogP contribution in [0.4, 0.5) is 0 Å². The number of ether oxygens (including phenoxy) is 7. The molecule has 3 aliphatic heterocycles. The molecule has 1 aromatic heterocycles. The van der Waals surface area contributed by atoms with E-state index in [1.807, 2.05) is 0 Å². The minimum atomic E-state index is -2.06. The highest BCUT2D eigenvalue weighted by molar-refractivity contribution is 5.88. The first-order valence-electron chi connectivity index (χ1n) is 19.9. The van der Waals surface area contributed by atoms with Crippen molar-refractivity contribution in [3.8, 4) is 40.1 Å². The molecule has 0 amide bonds. The van der Waals surface area contributed by atoms with Gasteiger partial charge in [0.25, 0.3) is 0 Å².